The number of nitrogens with zero attached hydrogens (tertiary/aromatic N) is 2. The number of hydrogen-bond acceptors (Lipinski definition) is 10. The molecule has 1 aromatic heterocycles. The van der Waals surface area contributed by atoms with Gasteiger partial charge in [0.2, 0.25) is 5.60 Å². The molecule has 0 amide bonds. The average Bonchev–Trinajstić information content (AvgIpc) is 3.04. The molecule has 5 unspecified atom stereocenters. The van der Waals surface area contributed by atoms with Gasteiger partial charge in [0, 0.05) is 6.20 Å². The number of carbonyl (C=O) groups is 1. The van der Waals surface area contributed by atoms with Crippen molar-refractivity contribution in [2.24, 2.45) is 0 Å². The topological polar surface area (TPSA) is 164 Å². The van der Waals surface area contributed by atoms with Gasteiger partial charge in [0.05, 0.1) is 12.7 Å². The number of esters is 1. The minimum absolute atomic E-state index is 0.125. The van der Waals surface area contributed by atoms with Gasteiger partial charge in [-0.05, 0) is 39.0 Å². The molecular formula is C22H27F4N4O8P. The van der Waals surface area contributed by atoms with Gasteiger partial charge in [0.15, 0.2) is 12.3 Å². The molecule has 4 N–H and O–H groups in total. The third-order valence-electron chi connectivity index (χ3n) is 5.49. The first-order valence-electron chi connectivity index (χ1n) is 11.5. The fraction of sp³-hybridized carbons (Fsp3) is 0.500. The van der Waals surface area contributed by atoms with Crippen LogP contribution in [0.25, 0.3) is 0 Å². The molecule has 1 aliphatic rings. The molecule has 2 aromatic rings. The number of nitrogens with two attached hydrogens (primary N) is 1. The van der Waals surface area contributed by atoms with Crippen molar-refractivity contribution in [2.45, 2.75) is 63.2 Å². The second-order valence-electron chi connectivity index (χ2n) is 8.82. The first kappa shape index (κ1) is 30.5. The van der Waals surface area contributed by atoms with E-state index < -0.39 is 68.4 Å². The first-order chi connectivity index (χ1) is 18.1. The van der Waals surface area contributed by atoms with E-state index in [1.165, 1.54) is 45.0 Å². The molecule has 17 heteroatoms. The van der Waals surface area contributed by atoms with Gasteiger partial charge in [-0.3, -0.25) is 13.9 Å². The summed E-state index contributed by atoms with van der Waals surface area (Å²) < 4.78 is 93.3. The number of alkyl halides is 4. The molecule has 0 radical (unpaired) electrons. The van der Waals surface area contributed by atoms with Gasteiger partial charge in [0.1, 0.15) is 17.6 Å². The minimum atomic E-state index is -4.89. The van der Waals surface area contributed by atoms with Crippen LogP contribution in [0.1, 0.15) is 27.0 Å². The fourth-order valence-corrected chi connectivity index (χ4v) is 5.04. The predicted molar refractivity (Wildman–Crippen MR) is 127 cm³/mol. The van der Waals surface area contributed by atoms with Crippen molar-refractivity contribution < 1.29 is 50.5 Å². The fourth-order valence-electron chi connectivity index (χ4n) is 3.52. The zero-order valence-electron chi connectivity index (χ0n) is 20.9. The summed E-state index contributed by atoms with van der Waals surface area (Å²) in [6.45, 7) is 2.46. The maximum atomic E-state index is 15.3. The summed E-state index contributed by atoms with van der Waals surface area (Å²) in [5, 5.41) is 12.4. The molecule has 39 heavy (non-hydrogen) atoms. The largest absolute Gasteiger partial charge is 0.462 e. The van der Waals surface area contributed by atoms with E-state index in [-0.39, 0.29) is 11.6 Å². The van der Waals surface area contributed by atoms with Crippen LogP contribution in [-0.4, -0.2) is 63.4 Å². The highest BCUT2D eigenvalue weighted by atomic mass is 31.2. The summed E-state index contributed by atoms with van der Waals surface area (Å²) in [6.07, 6.45) is -9.13. The molecule has 3 rings (SSSR count). The highest BCUT2D eigenvalue weighted by Crippen LogP contribution is 2.54. The number of carbonyl (C=O) groups excluding carboxylic acids is 1. The van der Waals surface area contributed by atoms with Crippen LogP contribution in [0.4, 0.5) is 23.4 Å². The second kappa shape index (κ2) is 11.6. The monoisotopic (exact) mass is 582 g/mol. The third kappa shape index (κ3) is 6.41. The standard InChI is InChI=1S/C22H27F4N4O8P/c1-12(2)36-18(32)13(3)29-39(34,38-14-7-5-4-6-8-14)35-11-21(19(23)24)22(25,26)16(31)17(37-21)30-10-9-15(27)28-20(30)33/h4-10,12-13,16-17,19,31H,11H2,1-3H3,(H,29,34)(H2,27,28,33). The quantitative estimate of drug-likeness (QED) is 0.203. The SMILES string of the molecule is CC(C)OC(=O)C(C)NP(=O)(OCC1(C(F)F)OC(n2ccc(N)nc2=O)C(O)C1(F)F)Oc1ccccc1. The number of ether oxygens (including phenoxy) is 2. The summed E-state index contributed by atoms with van der Waals surface area (Å²) in [5.41, 5.74) is 0.176. The zero-order chi connectivity index (χ0) is 29.2. The van der Waals surface area contributed by atoms with Crippen LogP contribution >= 0.6 is 7.75 Å². The maximum Gasteiger partial charge on any atom is 0.459 e. The van der Waals surface area contributed by atoms with E-state index in [0.717, 1.165) is 12.3 Å². The number of aliphatic hydroxyl groups is 1. The predicted octanol–water partition coefficient (Wildman–Crippen LogP) is 2.49. The van der Waals surface area contributed by atoms with Crippen molar-refractivity contribution in [2.75, 3.05) is 12.3 Å². The summed E-state index contributed by atoms with van der Waals surface area (Å²) in [5.74, 6) is -6.11. The molecular weight excluding hydrogens is 555 g/mol. The van der Waals surface area contributed by atoms with Gasteiger partial charge in [-0.15, -0.1) is 0 Å². The molecule has 216 valence electrons. The van der Waals surface area contributed by atoms with Crippen molar-refractivity contribution in [3.8, 4) is 5.75 Å². The number of para-hydroxylation sites is 1. The maximum absolute atomic E-state index is 15.3. The summed E-state index contributed by atoms with van der Waals surface area (Å²) >= 11 is 0. The van der Waals surface area contributed by atoms with E-state index in [4.69, 9.17) is 24.3 Å². The number of rotatable bonds is 11. The molecule has 1 aromatic carbocycles. The number of benzene rings is 1. The van der Waals surface area contributed by atoms with Gasteiger partial charge in [-0.1, -0.05) is 18.2 Å². The van der Waals surface area contributed by atoms with Gasteiger partial charge >= 0.3 is 25.3 Å². The molecule has 5 atom stereocenters. The van der Waals surface area contributed by atoms with E-state index in [1.54, 1.807) is 6.07 Å². The number of nitrogen functional groups attached to an aromatic ring is 1. The molecule has 1 fully saturated rings. The molecule has 12 nitrogen and oxygen atoms in total. The molecule has 0 spiro atoms. The molecule has 1 saturated heterocycles. The van der Waals surface area contributed by atoms with Gasteiger partial charge in [-0.25, -0.2) is 18.1 Å². The van der Waals surface area contributed by atoms with Crippen molar-refractivity contribution >= 4 is 19.5 Å². The van der Waals surface area contributed by atoms with Crippen LogP contribution in [-0.2, 0) is 23.4 Å². The molecule has 1 aliphatic heterocycles. The van der Waals surface area contributed by atoms with Crippen LogP contribution in [0.3, 0.4) is 0 Å². The zero-order valence-corrected chi connectivity index (χ0v) is 21.8. The highest BCUT2D eigenvalue weighted by molar-refractivity contribution is 7.52. The molecule has 2 heterocycles. The van der Waals surface area contributed by atoms with Crippen molar-refractivity contribution in [1.29, 1.82) is 0 Å². The number of aliphatic hydroxyl groups excluding tert-OH is 1. The number of hydrogen-bond donors (Lipinski definition) is 3. The van der Waals surface area contributed by atoms with E-state index in [0.29, 0.717) is 4.57 Å². The lowest BCUT2D eigenvalue weighted by atomic mass is 9.95. The van der Waals surface area contributed by atoms with Crippen LogP contribution in [0.5, 0.6) is 5.75 Å². The number of anilines is 1. The Hall–Kier alpha value is -3.04. The van der Waals surface area contributed by atoms with Crippen LogP contribution in [0.2, 0.25) is 0 Å². The smallest absolute Gasteiger partial charge is 0.459 e. The second-order valence-corrected chi connectivity index (χ2v) is 10.5. The van der Waals surface area contributed by atoms with E-state index in [9.17, 15) is 28.0 Å². The Labute approximate surface area is 219 Å². The highest BCUT2D eigenvalue weighted by Gasteiger charge is 2.74. The van der Waals surface area contributed by atoms with E-state index >= 15 is 8.78 Å². The van der Waals surface area contributed by atoms with Crippen molar-refractivity contribution in [3.63, 3.8) is 0 Å². The average molecular weight is 582 g/mol. The molecule has 0 bridgehead atoms. The Morgan fingerprint density at radius 2 is 1.90 bits per heavy atom. The Kier molecular flexibility index (Phi) is 9.07. The van der Waals surface area contributed by atoms with Crippen LogP contribution in [0, 0.1) is 0 Å². The number of nitrogens with one attached hydrogen (secondary N) is 1. The molecule has 0 saturated carbocycles. The summed E-state index contributed by atoms with van der Waals surface area (Å²) in [6, 6.07) is 6.69. The Morgan fingerprint density at radius 3 is 2.46 bits per heavy atom. The Morgan fingerprint density at radius 1 is 1.26 bits per heavy atom. The third-order valence-corrected chi connectivity index (χ3v) is 7.11. The summed E-state index contributed by atoms with van der Waals surface area (Å²) in [4.78, 5) is 27.7. The lowest BCUT2D eigenvalue weighted by Crippen LogP contribution is -2.57. The minimum Gasteiger partial charge on any atom is -0.462 e. The molecule has 0 aliphatic carbocycles. The summed E-state index contributed by atoms with van der Waals surface area (Å²) in [7, 11) is -4.89. The van der Waals surface area contributed by atoms with E-state index in [2.05, 4.69) is 10.1 Å². The van der Waals surface area contributed by atoms with Crippen molar-refractivity contribution in [3.05, 3.63) is 53.1 Å². The first-order valence-corrected chi connectivity index (χ1v) is 13.0. The van der Waals surface area contributed by atoms with Gasteiger partial charge < -0.3 is 24.8 Å². The lowest BCUT2D eigenvalue weighted by Gasteiger charge is -2.34. The normalized spacial score (nSPS) is 24.9. The Balaban J connectivity index is 1.95. The lowest BCUT2D eigenvalue weighted by molar-refractivity contribution is -0.242. The van der Waals surface area contributed by atoms with Crippen LogP contribution in [0.15, 0.2) is 47.4 Å². The Bertz CT molecular complexity index is 1270. The van der Waals surface area contributed by atoms with Gasteiger partial charge in [-0.2, -0.15) is 18.9 Å². The van der Waals surface area contributed by atoms with Crippen LogP contribution < -0.4 is 21.0 Å². The van der Waals surface area contributed by atoms with Crippen molar-refractivity contribution in [1.82, 2.24) is 14.6 Å². The van der Waals surface area contributed by atoms with Gasteiger partial charge in [0.25, 0.3) is 6.43 Å². The number of halogens is 4. The number of aromatic nitrogens is 2. The van der Waals surface area contributed by atoms with E-state index in [1.807, 2.05) is 0 Å².